The third kappa shape index (κ3) is 1.93. The molecule has 0 aromatic carbocycles. The number of morpholine rings is 1. The minimum atomic E-state index is -0.206. The molecule has 1 saturated heterocycles. The van der Waals surface area contributed by atoms with E-state index in [4.69, 9.17) is 4.74 Å². The predicted octanol–water partition coefficient (Wildman–Crippen LogP) is -0.407. The summed E-state index contributed by atoms with van der Waals surface area (Å²) in [5, 5.41) is 19.0. The van der Waals surface area contributed by atoms with Gasteiger partial charge in [-0.2, -0.15) is 0 Å². The Balaban J connectivity index is 1.99. The van der Waals surface area contributed by atoms with E-state index in [0.29, 0.717) is 6.61 Å². The maximum absolute atomic E-state index is 9.79. The molecule has 4 nitrogen and oxygen atoms in total. The van der Waals surface area contributed by atoms with E-state index >= 15 is 0 Å². The summed E-state index contributed by atoms with van der Waals surface area (Å²) in [6, 6.07) is 0.331. The van der Waals surface area contributed by atoms with E-state index < -0.39 is 0 Å². The van der Waals surface area contributed by atoms with Crippen LogP contribution in [0.2, 0.25) is 0 Å². The van der Waals surface area contributed by atoms with Gasteiger partial charge in [0.2, 0.25) is 0 Å². The molecule has 0 aromatic rings. The molecular weight excluding hydrogens is 182 g/mol. The van der Waals surface area contributed by atoms with Gasteiger partial charge < -0.3 is 14.9 Å². The Morgan fingerprint density at radius 2 is 2.21 bits per heavy atom. The fourth-order valence-corrected chi connectivity index (χ4v) is 2.57. The highest BCUT2D eigenvalue weighted by Crippen LogP contribution is 2.26. The molecule has 3 atom stereocenters. The molecular formula is C10H19NO3. The standard InChI is InChI=1S/C10H19NO3/c12-6-8-7-14-5-4-11(8)9-2-1-3-10(9)13/h8-10,12-13H,1-7H2/t8?,9-,10-/m1/s1. The zero-order valence-corrected chi connectivity index (χ0v) is 8.43. The quantitative estimate of drug-likeness (QED) is 0.638. The van der Waals surface area contributed by atoms with Crippen LogP contribution in [0.25, 0.3) is 0 Å². The van der Waals surface area contributed by atoms with Crippen molar-refractivity contribution in [1.29, 1.82) is 0 Å². The van der Waals surface area contributed by atoms with Gasteiger partial charge in [0.25, 0.3) is 0 Å². The third-order valence-corrected chi connectivity index (χ3v) is 3.35. The first-order valence-electron chi connectivity index (χ1n) is 5.45. The molecule has 4 heteroatoms. The lowest BCUT2D eigenvalue weighted by atomic mass is 10.1. The maximum atomic E-state index is 9.79. The highest BCUT2D eigenvalue weighted by molar-refractivity contribution is 4.89. The van der Waals surface area contributed by atoms with Crippen LogP contribution in [0.15, 0.2) is 0 Å². The van der Waals surface area contributed by atoms with Crippen molar-refractivity contribution in [3.63, 3.8) is 0 Å². The molecule has 0 amide bonds. The second kappa shape index (κ2) is 4.57. The molecule has 1 saturated carbocycles. The summed E-state index contributed by atoms with van der Waals surface area (Å²) < 4.78 is 5.31. The van der Waals surface area contributed by atoms with Crippen LogP contribution in [0, 0.1) is 0 Å². The third-order valence-electron chi connectivity index (χ3n) is 3.35. The zero-order chi connectivity index (χ0) is 9.97. The van der Waals surface area contributed by atoms with Gasteiger partial charge in [-0.3, -0.25) is 4.90 Å². The van der Waals surface area contributed by atoms with Crippen molar-refractivity contribution in [2.24, 2.45) is 0 Å². The Morgan fingerprint density at radius 3 is 2.86 bits per heavy atom. The molecule has 1 aliphatic heterocycles. The second-order valence-corrected chi connectivity index (χ2v) is 4.21. The lowest BCUT2D eigenvalue weighted by molar-refractivity contribution is -0.0658. The van der Waals surface area contributed by atoms with E-state index in [-0.39, 0.29) is 24.8 Å². The Hall–Kier alpha value is -0.160. The van der Waals surface area contributed by atoms with Gasteiger partial charge in [0.1, 0.15) is 0 Å². The van der Waals surface area contributed by atoms with Crippen LogP contribution in [0.5, 0.6) is 0 Å². The smallest absolute Gasteiger partial charge is 0.0695 e. The summed E-state index contributed by atoms with van der Waals surface area (Å²) in [7, 11) is 0. The van der Waals surface area contributed by atoms with Gasteiger partial charge in [0.05, 0.1) is 32.0 Å². The van der Waals surface area contributed by atoms with Crippen LogP contribution in [0.3, 0.4) is 0 Å². The average molecular weight is 201 g/mol. The van der Waals surface area contributed by atoms with Crippen LogP contribution in [-0.2, 0) is 4.74 Å². The van der Waals surface area contributed by atoms with E-state index in [1.807, 2.05) is 0 Å². The van der Waals surface area contributed by atoms with E-state index in [0.717, 1.165) is 32.4 Å². The number of hydrogen-bond donors (Lipinski definition) is 2. The van der Waals surface area contributed by atoms with Crippen molar-refractivity contribution in [3.8, 4) is 0 Å². The lowest BCUT2D eigenvalue weighted by Gasteiger charge is -2.39. The molecule has 2 rings (SSSR count). The molecule has 14 heavy (non-hydrogen) atoms. The molecule has 0 bridgehead atoms. The van der Waals surface area contributed by atoms with E-state index in [2.05, 4.69) is 4.90 Å². The van der Waals surface area contributed by atoms with Crippen molar-refractivity contribution in [2.45, 2.75) is 37.5 Å². The Kier molecular flexibility index (Phi) is 3.38. The average Bonchev–Trinajstić information content (AvgIpc) is 2.64. The van der Waals surface area contributed by atoms with Crippen LogP contribution >= 0.6 is 0 Å². The molecule has 0 radical (unpaired) electrons. The van der Waals surface area contributed by atoms with Gasteiger partial charge in [-0.1, -0.05) is 0 Å². The number of aliphatic hydroxyl groups is 2. The summed E-state index contributed by atoms with van der Waals surface area (Å²) >= 11 is 0. The Morgan fingerprint density at radius 1 is 1.36 bits per heavy atom. The van der Waals surface area contributed by atoms with Gasteiger partial charge in [0, 0.05) is 12.6 Å². The predicted molar refractivity (Wildman–Crippen MR) is 52.0 cm³/mol. The SMILES string of the molecule is OCC1COCCN1[C@@H]1CCC[C@H]1O. The normalized spacial score (nSPS) is 40.3. The first-order chi connectivity index (χ1) is 6.83. The molecule has 0 spiro atoms. The van der Waals surface area contributed by atoms with Crippen molar-refractivity contribution in [2.75, 3.05) is 26.4 Å². The van der Waals surface area contributed by atoms with Crippen molar-refractivity contribution in [3.05, 3.63) is 0 Å². The summed E-state index contributed by atoms with van der Waals surface area (Å²) in [6.45, 7) is 2.29. The number of rotatable bonds is 2. The molecule has 1 unspecified atom stereocenters. The molecule has 0 aromatic heterocycles. The van der Waals surface area contributed by atoms with Crippen molar-refractivity contribution < 1.29 is 14.9 Å². The molecule has 2 N–H and O–H groups in total. The minimum absolute atomic E-state index is 0.0847. The number of hydrogen-bond acceptors (Lipinski definition) is 4. The largest absolute Gasteiger partial charge is 0.395 e. The minimum Gasteiger partial charge on any atom is -0.395 e. The molecule has 1 aliphatic carbocycles. The second-order valence-electron chi connectivity index (χ2n) is 4.21. The molecule has 2 aliphatic rings. The molecule has 2 fully saturated rings. The number of aliphatic hydroxyl groups excluding tert-OH is 2. The first kappa shape index (κ1) is 10.4. The van der Waals surface area contributed by atoms with Gasteiger partial charge in [-0.05, 0) is 19.3 Å². The van der Waals surface area contributed by atoms with Gasteiger partial charge >= 0.3 is 0 Å². The molecule has 1 heterocycles. The summed E-state index contributed by atoms with van der Waals surface area (Å²) in [4.78, 5) is 2.22. The summed E-state index contributed by atoms with van der Waals surface area (Å²) in [5.41, 5.74) is 0. The van der Waals surface area contributed by atoms with Gasteiger partial charge in [-0.25, -0.2) is 0 Å². The van der Waals surface area contributed by atoms with Gasteiger partial charge in [-0.15, -0.1) is 0 Å². The van der Waals surface area contributed by atoms with E-state index in [1.54, 1.807) is 0 Å². The fraction of sp³-hybridized carbons (Fsp3) is 1.00. The maximum Gasteiger partial charge on any atom is 0.0695 e. The number of nitrogens with zero attached hydrogens (tertiary/aromatic N) is 1. The number of ether oxygens (including phenoxy) is 1. The van der Waals surface area contributed by atoms with Crippen LogP contribution in [0.4, 0.5) is 0 Å². The van der Waals surface area contributed by atoms with E-state index in [9.17, 15) is 10.2 Å². The zero-order valence-electron chi connectivity index (χ0n) is 8.43. The monoisotopic (exact) mass is 201 g/mol. The van der Waals surface area contributed by atoms with E-state index in [1.165, 1.54) is 0 Å². The first-order valence-corrected chi connectivity index (χ1v) is 5.45. The van der Waals surface area contributed by atoms with Crippen molar-refractivity contribution in [1.82, 2.24) is 4.90 Å². The summed E-state index contributed by atoms with van der Waals surface area (Å²) in [6.07, 6.45) is 2.85. The summed E-state index contributed by atoms with van der Waals surface area (Å²) in [5.74, 6) is 0. The van der Waals surface area contributed by atoms with Crippen LogP contribution in [-0.4, -0.2) is 59.7 Å². The molecule has 82 valence electrons. The highest BCUT2D eigenvalue weighted by Gasteiger charge is 2.35. The topological polar surface area (TPSA) is 52.9 Å². The fourth-order valence-electron chi connectivity index (χ4n) is 2.57. The van der Waals surface area contributed by atoms with Crippen LogP contribution in [0.1, 0.15) is 19.3 Å². The Labute approximate surface area is 84.5 Å². The highest BCUT2D eigenvalue weighted by atomic mass is 16.5. The van der Waals surface area contributed by atoms with Gasteiger partial charge in [0.15, 0.2) is 0 Å². The lowest BCUT2D eigenvalue weighted by Crippen LogP contribution is -2.54. The van der Waals surface area contributed by atoms with Crippen LogP contribution < -0.4 is 0 Å². The Bertz CT molecular complexity index is 188. The van der Waals surface area contributed by atoms with Crippen molar-refractivity contribution >= 4 is 0 Å².